The van der Waals surface area contributed by atoms with Crippen LogP contribution in [0.4, 0.5) is 0 Å². The summed E-state index contributed by atoms with van der Waals surface area (Å²) in [5, 5.41) is 253. The normalized spacial score (nSPS) is 37.5. The van der Waals surface area contributed by atoms with Crippen LogP contribution in [0.15, 0.2) is 0 Å². The van der Waals surface area contributed by atoms with Crippen LogP contribution in [-0.4, -0.2) is 386 Å². The molecule has 30 atom stereocenters. The molecule has 5 amide bonds. The monoisotopic (exact) mass is 1470 g/mol. The zero-order chi connectivity index (χ0) is 76.7. The second-order valence-electron chi connectivity index (χ2n) is 24.8. The zero-order valence-corrected chi connectivity index (χ0v) is 54.1. The zero-order valence-electron chi connectivity index (χ0n) is 54.1. The highest BCUT2D eigenvalue weighted by molar-refractivity contribution is 5.80. The average molecular weight is 1470 g/mol. The molecule has 46 nitrogen and oxygen atoms in total. The Balaban J connectivity index is 1.55. The number of hydrogen-bond acceptors (Lipinski definition) is 36. The van der Waals surface area contributed by atoms with Crippen molar-refractivity contribution in [1.82, 2.24) is 26.6 Å². The van der Waals surface area contributed by atoms with Gasteiger partial charge in [0.15, 0.2) is 0 Å². The molecular weight excluding hydrogens is 1390 g/mol. The van der Waals surface area contributed by atoms with Gasteiger partial charge < -0.3 is 182 Å². The molecule has 0 spiro atoms. The summed E-state index contributed by atoms with van der Waals surface area (Å²) < 4.78 is 50.5. The number of hydrogen-bond donors (Lipinski definition) is 27. The third-order valence-corrected chi connectivity index (χ3v) is 17.2. The molecule has 0 aromatic carbocycles. The third-order valence-electron chi connectivity index (χ3n) is 17.2. The summed E-state index contributed by atoms with van der Waals surface area (Å²) in [5.74, 6) is -34.3. The topological polar surface area (TPSA) is 759 Å². The van der Waals surface area contributed by atoms with Gasteiger partial charge in [0.2, 0.25) is 29.5 Å². The predicted molar refractivity (Wildman–Crippen MR) is 311 cm³/mol. The molecule has 5 fully saturated rings. The molecule has 27 N–H and O–H groups in total. The lowest BCUT2D eigenvalue weighted by Gasteiger charge is -2.51. The van der Waals surface area contributed by atoms with Crippen LogP contribution in [0.25, 0.3) is 0 Å². The van der Waals surface area contributed by atoms with Crippen molar-refractivity contribution in [2.45, 2.75) is 248 Å². The van der Waals surface area contributed by atoms with E-state index in [2.05, 4.69) is 26.6 Å². The first-order valence-corrected chi connectivity index (χ1v) is 30.7. The van der Waals surface area contributed by atoms with E-state index in [1.54, 1.807) is 0 Å². The van der Waals surface area contributed by atoms with E-state index in [-0.39, 0.29) is 0 Å². The molecule has 5 heterocycles. The van der Waals surface area contributed by atoms with Crippen LogP contribution in [0.5, 0.6) is 0 Å². The number of aliphatic hydroxyl groups excluding tert-OH is 16. The molecule has 0 saturated carbocycles. The van der Waals surface area contributed by atoms with Crippen molar-refractivity contribution in [1.29, 1.82) is 0 Å². The van der Waals surface area contributed by atoms with E-state index in [1.807, 2.05) is 0 Å². The number of ether oxygens (including phenoxy) is 9. The molecule has 578 valence electrons. The number of carbonyl (C=O) groups excluding carboxylic acids is 5. The second kappa shape index (κ2) is 34.5. The van der Waals surface area contributed by atoms with Crippen molar-refractivity contribution in [3.8, 4) is 0 Å². The van der Waals surface area contributed by atoms with Crippen LogP contribution in [0.3, 0.4) is 0 Å². The minimum absolute atomic E-state index is 0.789. The van der Waals surface area contributed by atoms with E-state index in [0.29, 0.717) is 0 Å². The maximum absolute atomic E-state index is 13.7. The van der Waals surface area contributed by atoms with Crippen LogP contribution >= 0.6 is 0 Å². The number of carboxylic acids is 5. The van der Waals surface area contributed by atoms with Gasteiger partial charge >= 0.3 is 29.8 Å². The average Bonchev–Trinajstić information content (AvgIpc) is 0.761. The lowest BCUT2D eigenvalue weighted by molar-refractivity contribution is -0.364. The number of aliphatic hydroxyl groups is 17. The summed E-state index contributed by atoms with van der Waals surface area (Å²) in [6.07, 6.45) is -56.9. The molecule has 0 bridgehead atoms. The number of nitrogens with one attached hydrogen (secondary N) is 5. The predicted octanol–water partition coefficient (Wildman–Crippen LogP) is -15.2. The Morgan fingerprint density at radius 3 is 0.713 bits per heavy atom. The van der Waals surface area contributed by atoms with Gasteiger partial charge in [0.05, 0.1) is 93.8 Å². The summed E-state index contributed by atoms with van der Waals surface area (Å²) >= 11 is 0. The van der Waals surface area contributed by atoms with Gasteiger partial charge in [-0.1, -0.05) is 0 Å². The van der Waals surface area contributed by atoms with Crippen molar-refractivity contribution in [3.63, 3.8) is 0 Å². The molecule has 5 aliphatic heterocycles. The SMILES string of the molecule is CC(=O)N[C@H]1[C@H]([C@H](O)[C@H](O)CO)O[C@@](O[C@H](CO)[C@@H](O)[C@@H]2O[C@@](O[C@H](CO)[C@@H](O)[C@@H]3O[C@@](O[C@H](CO)[C@@H](O)[C@@H]4O[C@@](O[C@H](CO)[C@@H](O)[C@@H]5O[C@](O)(C(=O)O)C[C@H](O)[C@H]5NC(C)=O)(C(=O)O)C[C@H](O)[C@H]4NC(C)=O)(C(=O)O)C[C@H](O)[C@H]3NC(C)=O)(C(=O)O)C[C@H](O)[C@H]2NC(C)=O)(C(=O)O)C[C@@H]1O. The number of rotatable bonds is 33. The van der Waals surface area contributed by atoms with Gasteiger partial charge in [0.25, 0.3) is 28.9 Å². The number of carbonyl (C=O) groups is 10. The van der Waals surface area contributed by atoms with E-state index in [1.165, 1.54) is 0 Å². The smallest absolute Gasteiger partial charge is 0.364 e. The maximum Gasteiger partial charge on any atom is 0.364 e. The first-order chi connectivity index (χ1) is 46.8. The maximum atomic E-state index is 13.7. The van der Waals surface area contributed by atoms with Crippen molar-refractivity contribution in [3.05, 3.63) is 0 Å². The molecule has 0 unspecified atom stereocenters. The summed E-state index contributed by atoms with van der Waals surface area (Å²) in [4.78, 5) is 128. The van der Waals surface area contributed by atoms with E-state index in [4.69, 9.17) is 42.6 Å². The third kappa shape index (κ3) is 19.0. The van der Waals surface area contributed by atoms with E-state index < -0.39 is 306 Å². The van der Waals surface area contributed by atoms with Crippen LogP contribution in [0.1, 0.15) is 66.7 Å². The quantitative estimate of drug-likeness (QED) is 0.0290. The Morgan fingerprint density at radius 1 is 0.337 bits per heavy atom. The Bertz CT molecular complexity index is 2940. The highest BCUT2D eigenvalue weighted by atomic mass is 16.8. The first kappa shape index (κ1) is 85.3. The highest BCUT2D eigenvalue weighted by Crippen LogP contribution is 2.43. The Hall–Kier alpha value is -6.34. The lowest BCUT2D eigenvalue weighted by atomic mass is 9.86. The van der Waals surface area contributed by atoms with Gasteiger partial charge in [-0.2, -0.15) is 0 Å². The van der Waals surface area contributed by atoms with Crippen molar-refractivity contribution >= 4 is 59.4 Å². The highest BCUT2D eigenvalue weighted by Gasteiger charge is 2.65. The Morgan fingerprint density at radius 2 is 0.535 bits per heavy atom. The molecule has 5 aliphatic rings. The fraction of sp³-hybridized carbons (Fsp3) is 0.818. The lowest BCUT2D eigenvalue weighted by Crippen LogP contribution is -2.72. The minimum atomic E-state index is -3.68. The van der Waals surface area contributed by atoms with Crippen LogP contribution in [-0.2, 0) is 90.6 Å². The second-order valence-corrected chi connectivity index (χ2v) is 24.8. The van der Waals surface area contributed by atoms with Crippen LogP contribution < -0.4 is 26.6 Å². The largest absolute Gasteiger partial charge is 0.477 e. The molecule has 46 heteroatoms. The van der Waals surface area contributed by atoms with Gasteiger partial charge in [-0.3, -0.25) is 24.0 Å². The van der Waals surface area contributed by atoms with Crippen molar-refractivity contribution in [2.24, 2.45) is 0 Å². The number of amides is 5. The molecule has 101 heavy (non-hydrogen) atoms. The molecular formula is C55H87N5O41. The van der Waals surface area contributed by atoms with E-state index in [0.717, 1.165) is 34.6 Å². The number of carboxylic acid groups (broad SMARTS) is 5. The standard InChI is InChI=1S/C55H87N5O41/c1-16(66)56-31-21(71)6-51(92,46(82)83)97-42(31)37(78)27(12-62)93-53(48(86)87)8-23(73)33(58-18(3)68)44(99-53)39(80)29(14-64)95-55(50(90)91)10-25(75)35(60-20(5)70)45(101-55)40(81)30(15-65)96-54(49(88)89)9-24(74)34(59-19(4)69)43(100-54)38(79)28(13-63)94-52(47(84)85)7-22(72)32(57-17(2)67)41(98-52)36(77)26(76)11-61/h21-45,61-65,71-81,92H,6-15H2,1-5H3,(H,56,66)(H,57,67)(H,58,68)(H,59,69)(H,60,70)(H,82,83)(H,84,85)(H,86,87)(H,88,89)(H,90,91)/t21-,22-,23-,24-,25-,26+,27+,28+,29+,30+,31+,32+,33+,34+,35+,36+,37+,38+,39+,40+,41+,42+,43+,44+,45+,51-,52+,53+,54+,55+/m0/s1. The number of aliphatic carboxylic acids is 5. The molecule has 0 aromatic heterocycles. The van der Waals surface area contributed by atoms with Gasteiger partial charge in [0, 0.05) is 66.7 Å². The minimum Gasteiger partial charge on any atom is -0.477 e. The molecule has 0 aliphatic carbocycles. The van der Waals surface area contributed by atoms with E-state index >= 15 is 0 Å². The molecule has 5 rings (SSSR count). The Kier molecular flexibility index (Phi) is 29.1. The molecule has 5 saturated heterocycles. The van der Waals surface area contributed by atoms with E-state index in [9.17, 15) is 160 Å². The summed E-state index contributed by atoms with van der Waals surface area (Å²) in [6, 6.07) is -10.1. The van der Waals surface area contributed by atoms with Gasteiger partial charge in [-0.05, 0) is 0 Å². The molecule has 0 aromatic rings. The fourth-order valence-corrected chi connectivity index (χ4v) is 12.5. The summed E-state index contributed by atoms with van der Waals surface area (Å²) in [6.45, 7) is -3.57. The van der Waals surface area contributed by atoms with Gasteiger partial charge in [0.1, 0.15) is 91.6 Å². The summed E-state index contributed by atoms with van der Waals surface area (Å²) in [5.41, 5.74) is 0. The van der Waals surface area contributed by atoms with Crippen LogP contribution in [0.2, 0.25) is 0 Å². The first-order valence-electron chi connectivity index (χ1n) is 30.7. The van der Waals surface area contributed by atoms with Crippen molar-refractivity contribution in [2.75, 3.05) is 33.0 Å². The fourth-order valence-electron chi connectivity index (χ4n) is 12.5. The van der Waals surface area contributed by atoms with Gasteiger partial charge in [-0.25, -0.2) is 24.0 Å². The Labute approximate surface area is 568 Å². The molecule has 0 radical (unpaired) electrons. The van der Waals surface area contributed by atoms with Crippen molar-refractivity contribution < 1.29 is 203 Å². The summed E-state index contributed by atoms with van der Waals surface area (Å²) in [7, 11) is 0. The van der Waals surface area contributed by atoms with Crippen LogP contribution in [0, 0.1) is 0 Å². The van der Waals surface area contributed by atoms with Gasteiger partial charge in [-0.15, -0.1) is 0 Å².